The van der Waals surface area contributed by atoms with Gasteiger partial charge in [0.2, 0.25) is 0 Å². The molecule has 1 heterocycles. The fourth-order valence-corrected chi connectivity index (χ4v) is 2.87. The van der Waals surface area contributed by atoms with Gasteiger partial charge in [0.15, 0.2) is 6.61 Å². The van der Waals surface area contributed by atoms with Gasteiger partial charge >= 0.3 is 5.97 Å². The first-order chi connectivity index (χ1) is 10.5. The first kappa shape index (κ1) is 16.5. The summed E-state index contributed by atoms with van der Waals surface area (Å²) in [6.45, 7) is 1.45. The van der Waals surface area contributed by atoms with Crippen molar-refractivity contribution in [3.8, 4) is 5.75 Å². The molecule has 1 aromatic heterocycles. The van der Waals surface area contributed by atoms with Crippen molar-refractivity contribution >= 4 is 39.1 Å². The van der Waals surface area contributed by atoms with Gasteiger partial charge < -0.3 is 15.2 Å². The summed E-state index contributed by atoms with van der Waals surface area (Å²) in [5, 5.41) is 14.3. The van der Waals surface area contributed by atoms with Gasteiger partial charge in [-0.1, -0.05) is 22.0 Å². The maximum atomic E-state index is 11.9. The summed E-state index contributed by atoms with van der Waals surface area (Å²) in [4.78, 5) is 24.7. The number of nitrogens with one attached hydrogen (secondary N) is 1. The van der Waals surface area contributed by atoms with E-state index in [-0.39, 0.29) is 17.4 Å². The number of hydrogen-bond donors (Lipinski definition) is 2. The molecule has 2 N–H and O–H groups in total. The van der Waals surface area contributed by atoms with Crippen LogP contribution >= 0.6 is 27.3 Å². The van der Waals surface area contributed by atoms with E-state index in [2.05, 4.69) is 21.2 Å². The van der Waals surface area contributed by atoms with Gasteiger partial charge in [0.25, 0.3) is 5.91 Å². The van der Waals surface area contributed by atoms with E-state index in [0.717, 1.165) is 4.88 Å². The van der Waals surface area contributed by atoms with Crippen molar-refractivity contribution < 1.29 is 19.4 Å². The summed E-state index contributed by atoms with van der Waals surface area (Å²) in [7, 11) is 0. The molecule has 1 amide bonds. The Labute approximate surface area is 140 Å². The van der Waals surface area contributed by atoms with Crippen molar-refractivity contribution in [1.29, 1.82) is 0 Å². The summed E-state index contributed by atoms with van der Waals surface area (Å²) >= 11 is 4.74. The van der Waals surface area contributed by atoms with Crippen LogP contribution in [0.3, 0.4) is 0 Å². The number of aromatic hydroxyl groups is 1. The van der Waals surface area contributed by atoms with Crippen molar-refractivity contribution in [1.82, 2.24) is 5.32 Å². The van der Waals surface area contributed by atoms with Crippen molar-refractivity contribution in [3.05, 3.63) is 50.6 Å². The van der Waals surface area contributed by atoms with Gasteiger partial charge in [-0.15, -0.1) is 11.3 Å². The molecule has 5 nitrogen and oxygen atoms in total. The molecule has 0 aliphatic carbocycles. The number of carbonyl (C=O) groups excluding carboxylic acids is 2. The molecular formula is C15H14BrNO4S. The van der Waals surface area contributed by atoms with Gasteiger partial charge in [-0.05, 0) is 36.6 Å². The van der Waals surface area contributed by atoms with E-state index >= 15 is 0 Å². The van der Waals surface area contributed by atoms with Gasteiger partial charge in [-0.2, -0.15) is 0 Å². The molecule has 0 spiro atoms. The number of phenolic OH excluding ortho intramolecular Hbond substituents is 1. The highest BCUT2D eigenvalue weighted by atomic mass is 79.9. The predicted octanol–water partition coefficient (Wildman–Crippen LogP) is 3.25. The average molecular weight is 384 g/mol. The second-order valence-corrected chi connectivity index (χ2v) is 6.44. The zero-order valence-electron chi connectivity index (χ0n) is 11.7. The number of hydrogen-bond acceptors (Lipinski definition) is 5. The van der Waals surface area contributed by atoms with Crippen LogP contribution in [0.15, 0.2) is 40.2 Å². The van der Waals surface area contributed by atoms with Crippen LogP contribution in [-0.4, -0.2) is 23.6 Å². The number of carbonyl (C=O) groups is 2. The van der Waals surface area contributed by atoms with Crippen LogP contribution in [0.4, 0.5) is 0 Å². The minimum absolute atomic E-state index is 0.00785. The van der Waals surface area contributed by atoms with Crippen LogP contribution in [0.5, 0.6) is 5.75 Å². The molecule has 7 heteroatoms. The average Bonchev–Trinajstić information content (AvgIpc) is 3.01. The maximum absolute atomic E-state index is 11.9. The second kappa shape index (κ2) is 7.42. The van der Waals surface area contributed by atoms with E-state index in [1.165, 1.54) is 23.5 Å². The molecule has 0 saturated heterocycles. The zero-order chi connectivity index (χ0) is 16.1. The fourth-order valence-electron chi connectivity index (χ4n) is 1.77. The monoisotopic (exact) mass is 383 g/mol. The van der Waals surface area contributed by atoms with Gasteiger partial charge in [-0.3, -0.25) is 4.79 Å². The Morgan fingerprint density at radius 1 is 1.41 bits per heavy atom. The lowest BCUT2D eigenvalue weighted by molar-refractivity contribution is -0.124. The topological polar surface area (TPSA) is 75.6 Å². The minimum atomic E-state index is -0.752. The number of thiophene rings is 1. The maximum Gasteiger partial charge on any atom is 0.342 e. The molecule has 1 atom stereocenters. The molecule has 0 radical (unpaired) electrons. The first-order valence-electron chi connectivity index (χ1n) is 6.46. The zero-order valence-corrected chi connectivity index (χ0v) is 14.1. The largest absolute Gasteiger partial charge is 0.507 e. The van der Waals surface area contributed by atoms with Crippen LogP contribution < -0.4 is 5.32 Å². The fraction of sp³-hybridized carbons (Fsp3) is 0.200. The lowest BCUT2D eigenvalue weighted by atomic mass is 10.2. The SMILES string of the molecule is C[C@@H](NC(=O)COC(=O)c1cc(Br)ccc1O)c1cccs1. The van der Waals surface area contributed by atoms with Crippen molar-refractivity contribution in [2.45, 2.75) is 13.0 Å². The van der Waals surface area contributed by atoms with Crippen LogP contribution in [0.2, 0.25) is 0 Å². The number of esters is 1. The van der Waals surface area contributed by atoms with Gasteiger partial charge in [-0.25, -0.2) is 4.79 Å². The molecule has 116 valence electrons. The highest BCUT2D eigenvalue weighted by molar-refractivity contribution is 9.10. The quantitative estimate of drug-likeness (QED) is 0.776. The summed E-state index contributed by atoms with van der Waals surface area (Å²) < 4.78 is 5.55. The Balaban J connectivity index is 1.88. The summed E-state index contributed by atoms with van der Waals surface area (Å²) in [6, 6.07) is 8.08. The second-order valence-electron chi connectivity index (χ2n) is 4.54. The number of halogens is 1. The van der Waals surface area contributed by atoms with E-state index in [1.54, 1.807) is 6.07 Å². The number of phenols is 1. The third-order valence-corrected chi connectivity index (χ3v) is 4.41. The molecule has 22 heavy (non-hydrogen) atoms. The lowest BCUT2D eigenvalue weighted by Crippen LogP contribution is -2.30. The highest BCUT2D eigenvalue weighted by Gasteiger charge is 2.16. The van der Waals surface area contributed by atoms with Crippen molar-refractivity contribution in [2.75, 3.05) is 6.61 Å². The highest BCUT2D eigenvalue weighted by Crippen LogP contribution is 2.22. The number of rotatable bonds is 5. The van der Waals surface area contributed by atoms with Gasteiger partial charge in [0, 0.05) is 9.35 Å². The van der Waals surface area contributed by atoms with Gasteiger partial charge in [0.05, 0.1) is 6.04 Å². The molecule has 1 aromatic carbocycles. The summed E-state index contributed by atoms with van der Waals surface area (Å²) in [5.41, 5.74) is 0.00785. The Hall–Kier alpha value is -1.86. The third-order valence-electron chi connectivity index (χ3n) is 2.86. The number of benzene rings is 1. The molecule has 0 unspecified atom stereocenters. The predicted molar refractivity (Wildman–Crippen MR) is 87.0 cm³/mol. The smallest absolute Gasteiger partial charge is 0.342 e. The van der Waals surface area contributed by atoms with Crippen LogP contribution in [0.1, 0.15) is 28.2 Å². The Kier molecular flexibility index (Phi) is 5.57. The standard InChI is InChI=1S/C15H14BrNO4S/c1-9(13-3-2-6-22-13)17-14(19)8-21-15(20)11-7-10(16)4-5-12(11)18/h2-7,9,18H,8H2,1H3,(H,17,19)/t9-/m1/s1. The van der Waals surface area contributed by atoms with E-state index in [0.29, 0.717) is 4.47 Å². The van der Waals surface area contributed by atoms with Crippen molar-refractivity contribution in [3.63, 3.8) is 0 Å². The van der Waals surface area contributed by atoms with Crippen LogP contribution in [0.25, 0.3) is 0 Å². The molecular weight excluding hydrogens is 370 g/mol. The first-order valence-corrected chi connectivity index (χ1v) is 8.13. The van der Waals surface area contributed by atoms with E-state index < -0.39 is 18.5 Å². The minimum Gasteiger partial charge on any atom is -0.507 e. The molecule has 2 rings (SSSR count). The number of ether oxygens (including phenoxy) is 1. The van der Waals surface area contributed by atoms with E-state index in [9.17, 15) is 14.7 Å². The summed E-state index contributed by atoms with van der Waals surface area (Å²) in [5.74, 6) is -1.35. The lowest BCUT2D eigenvalue weighted by Gasteiger charge is -2.12. The summed E-state index contributed by atoms with van der Waals surface area (Å²) in [6.07, 6.45) is 0. The Bertz CT molecular complexity index is 672. The van der Waals surface area contributed by atoms with E-state index in [1.807, 2.05) is 24.4 Å². The molecule has 0 bridgehead atoms. The molecule has 0 fully saturated rings. The third kappa shape index (κ3) is 4.32. The molecule has 0 aliphatic heterocycles. The van der Waals surface area contributed by atoms with Crippen LogP contribution in [-0.2, 0) is 9.53 Å². The molecule has 0 saturated carbocycles. The Morgan fingerprint density at radius 3 is 2.86 bits per heavy atom. The number of amides is 1. The Morgan fingerprint density at radius 2 is 2.18 bits per heavy atom. The normalized spacial score (nSPS) is 11.7. The molecule has 0 aliphatic rings. The van der Waals surface area contributed by atoms with Crippen LogP contribution in [0, 0.1) is 0 Å². The van der Waals surface area contributed by atoms with Crippen molar-refractivity contribution in [2.24, 2.45) is 0 Å². The van der Waals surface area contributed by atoms with E-state index in [4.69, 9.17) is 4.74 Å². The van der Waals surface area contributed by atoms with Gasteiger partial charge in [0.1, 0.15) is 11.3 Å². The molecule has 2 aromatic rings.